The molecule has 0 bridgehead atoms. The zero-order valence-corrected chi connectivity index (χ0v) is 8.98. The third kappa shape index (κ3) is 1.81. The molecule has 3 aliphatic rings. The molecule has 3 fully saturated rings. The molecule has 3 aliphatic heterocycles. The molecule has 0 radical (unpaired) electrons. The van der Waals surface area contributed by atoms with Gasteiger partial charge in [-0.1, -0.05) is 0 Å². The fourth-order valence-corrected chi connectivity index (χ4v) is 3.06. The molecule has 0 saturated carbocycles. The summed E-state index contributed by atoms with van der Waals surface area (Å²) >= 11 is 0. The first-order valence-electron chi connectivity index (χ1n) is 5.84. The summed E-state index contributed by atoms with van der Waals surface area (Å²) in [6, 6.07) is 0. The summed E-state index contributed by atoms with van der Waals surface area (Å²) in [6.07, 6.45) is 1.98. The maximum absolute atomic E-state index is 5.29. The van der Waals surface area contributed by atoms with E-state index in [2.05, 4.69) is 16.8 Å². The topological polar surface area (TPSA) is 19.0 Å². The van der Waals surface area contributed by atoms with Gasteiger partial charge in [-0.3, -0.25) is 0 Å². The van der Waals surface area contributed by atoms with Crippen LogP contribution in [0.1, 0.15) is 6.42 Å². The summed E-state index contributed by atoms with van der Waals surface area (Å²) in [7, 11) is 2.25. The summed E-state index contributed by atoms with van der Waals surface area (Å²) in [5.74, 6) is 1.91. The standard InChI is InChI=1S/C11H20N2O/c1-12-3-2-9-5-13(6-10(9)4-12)7-11-8-14-11/h9-11H,2-8H2,1H3/t9?,10?,11-/m0/s1. The van der Waals surface area contributed by atoms with E-state index in [1.807, 2.05) is 0 Å². The molecule has 14 heavy (non-hydrogen) atoms. The molecule has 0 aliphatic carbocycles. The minimum atomic E-state index is 0.577. The molecule has 0 N–H and O–H groups in total. The van der Waals surface area contributed by atoms with Gasteiger partial charge in [0.25, 0.3) is 0 Å². The van der Waals surface area contributed by atoms with E-state index in [9.17, 15) is 0 Å². The molecule has 3 atom stereocenters. The molecular weight excluding hydrogens is 176 g/mol. The quantitative estimate of drug-likeness (QED) is 0.591. The first-order valence-corrected chi connectivity index (χ1v) is 5.84. The van der Waals surface area contributed by atoms with Crippen molar-refractivity contribution in [2.24, 2.45) is 11.8 Å². The average Bonchev–Trinajstić information content (AvgIpc) is 2.84. The van der Waals surface area contributed by atoms with E-state index >= 15 is 0 Å². The Hall–Kier alpha value is -0.120. The van der Waals surface area contributed by atoms with Gasteiger partial charge in [0.05, 0.1) is 12.7 Å². The van der Waals surface area contributed by atoms with Crippen molar-refractivity contribution in [2.75, 3.05) is 46.4 Å². The van der Waals surface area contributed by atoms with E-state index in [0.717, 1.165) is 18.4 Å². The minimum absolute atomic E-state index is 0.577. The van der Waals surface area contributed by atoms with Gasteiger partial charge in [0.15, 0.2) is 0 Å². The van der Waals surface area contributed by atoms with Crippen molar-refractivity contribution in [2.45, 2.75) is 12.5 Å². The molecule has 0 spiro atoms. The molecular formula is C11H20N2O. The van der Waals surface area contributed by atoms with Crippen LogP contribution in [0.5, 0.6) is 0 Å². The molecule has 0 aromatic rings. The second-order valence-corrected chi connectivity index (χ2v) is 5.24. The highest BCUT2D eigenvalue weighted by Gasteiger charge is 2.38. The summed E-state index contributed by atoms with van der Waals surface area (Å²) in [4.78, 5) is 5.10. The Labute approximate surface area is 86.0 Å². The second kappa shape index (κ2) is 3.47. The third-order valence-electron chi connectivity index (χ3n) is 3.94. The molecule has 0 aromatic heterocycles. The molecule has 2 unspecified atom stereocenters. The average molecular weight is 196 g/mol. The maximum Gasteiger partial charge on any atom is 0.0936 e. The van der Waals surface area contributed by atoms with Crippen LogP contribution >= 0.6 is 0 Å². The Morgan fingerprint density at radius 1 is 1.21 bits per heavy atom. The summed E-state index contributed by atoms with van der Waals surface area (Å²) in [5.41, 5.74) is 0. The number of ether oxygens (including phenoxy) is 1. The molecule has 0 amide bonds. The second-order valence-electron chi connectivity index (χ2n) is 5.24. The Balaban J connectivity index is 1.55. The van der Waals surface area contributed by atoms with Gasteiger partial charge < -0.3 is 14.5 Å². The van der Waals surface area contributed by atoms with Gasteiger partial charge in [0, 0.05) is 26.2 Å². The van der Waals surface area contributed by atoms with Crippen LogP contribution in [0.2, 0.25) is 0 Å². The first-order chi connectivity index (χ1) is 6.81. The smallest absolute Gasteiger partial charge is 0.0936 e. The number of likely N-dealkylation sites (tertiary alicyclic amines) is 2. The lowest BCUT2D eigenvalue weighted by Crippen LogP contribution is -2.37. The molecule has 3 nitrogen and oxygen atoms in total. The molecule has 3 heterocycles. The lowest BCUT2D eigenvalue weighted by atomic mass is 9.89. The van der Waals surface area contributed by atoms with Gasteiger partial charge in [-0.15, -0.1) is 0 Å². The largest absolute Gasteiger partial charge is 0.372 e. The van der Waals surface area contributed by atoms with Crippen LogP contribution in [0.25, 0.3) is 0 Å². The maximum atomic E-state index is 5.29. The number of piperidine rings is 1. The van der Waals surface area contributed by atoms with Gasteiger partial charge in [0.2, 0.25) is 0 Å². The van der Waals surface area contributed by atoms with Crippen LogP contribution in [0.3, 0.4) is 0 Å². The van der Waals surface area contributed by atoms with E-state index in [1.165, 1.54) is 39.1 Å². The number of nitrogens with zero attached hydrogens (tertiary/aromatic N) is 2. The van der Waals surface area contributed by atoms with Crippen LogP contribution in [0.15, 0.2) is 0 Å². The van der Waals surface area contributed by atoms with E-state index in [-0.39, 0.29) is 0 Å². The zero-order valence-electron chi connectivity index (χ0n) is 8.98. The third-order valence-corrected chi connectivity index (χ3v) is 3.94. The fourth-order valence-electron chi connectivity index (χ4n) is 3.06. The molecule has 3 heteroatoms. The number of hydrogen-bond donors (Lipinski definition) is 0. The highest BCUT2D eigenvalue weighted by atomic mass is 16.6. The van der Waals surface area contributed by atoms with Crippen molar-refractivity contribution in [1.29, 1.82) is 0 Å². The lowest BCUT2D eigenvalue weighted by molar-refractivity contribution is 0.178. The van der Waals surface area contributed by atoms with Crippen LogP contribution in [-0.4, -0.2) is 62.3 Å². The summed E-state index contributed by atoms with van der Waals surface area (Å²) in [5, 5.41) is 0. The Bertz CT molecular complexity index is 217. The number of rotatable bonds is 2. The van der Waals surface area contributed by atoms with Crippen molar-refractivity contribution in [3.05, 3.63) is 0 Å². The number of hydrogen-bond acceptors (Lipinski definition) is 3. The highest BCUT2D eigenvalue weighted by molar-refractivity contribution is 4.90. The molecule has 3 saturated heterocycles. The van der Waals surface area contributed by atoms with Crippen molar-refractivity contribution in [3.8, 4) is 0 Å². The van der Waals surface area contributed by atoms with E-state index in [0.29, 0.717) is 6.10 Å². The number of fused-ring (bicyclic) bond motifs is 1. The van der Waals surface area contributed by atoms with Crippen molar-refractivity contribution in [1.82, 2.24) is 9.80 Å². The predicted molar refractivity (Wildman–Crippen MR) is 55.3 cm³/mol. The summed E-state index contributed by atoms with van der Waals surface area (Å²) < 4.78 is 5.29. The van der Waals surface area contributed by atoms with Gasteiger partial charge in [0.1, 0.15) is 0 Å². The zero-order chi connectivity index (χ0) is 9.54. The van der Waals surface area contributed by atoms with Crippen molar-refractivity contribution < 1.29 is 4.74 Å². The molecule has 0 aromatic carbocycles. The van der Waals surface area contributed by atoms with Crippen molar-refractivity contribution >= 4 is 0 Å². The summed E-state index contributed by atoms with van der Waals surface area (Å²) in [6.45, 7) is 7.46. The van der Waals surface area contributed by atoms with Crippen molar-refractivity contribution in [3.63, 3.8) is 0 Å². The fraction of sp³-hybridized carbons (Fsp3) is 1.00. The SMILES string of the molecule is CN1CCC2CN(C[C@H]3CO3)CC2C1. The van der Waals surface area contributed by atoms with Crippen LogP contribution in [-0.2, 0) is 4.74 Å². The molecule has 80 valence electrons. The Morgan fingerprint density at radius 2 is 2.00 bits per heavy atom. The highest BCUT2D eigenvalue weighted by Crippen LogP contribution is 2.31. The van der Waals surface area contributed by atoms with E-state index < -0.39 is 0 Å². The van der Waals surface area contributed by atoms with E-state index in [4.69, 9.17) is 4.74 Å². The Kier molecular flexibility index (Phi) is 2.26. The normalized spacial score (nSPS) is 43.9. The van der Waals surface area contributed by atoms with Gasteiger partial charge in [-0.2, -0.15) is 0 Å². The van der Waals surface area contributed by atoms with Crippen LogP contribution < -0.4 is 0 Å². The van der Waals surface area contributed by atoms with Crippen LogP contribution in [0.4, 0.5) is 0 Å². The molecule has 3 rings (SSSR count). The Morgan fingerprint density at radius 3 is 2.79 bits per heavy atom. The van der Waals surface area contributed by atoms with Gasteiger partial charge in [-0.25, -0.2) is 0 Å². The predicted octanol–water partition coefficient (Wildman–Crippen LogP) is 0.269. The van der Waals surface area contributed by atoms with Crippen LogP contribution in [0, 0.1) is 11.8 Å². The van der Waals surface area contributed by atoms with Gasteiger partial charge in [-0.05, 0) is 31.8 Å². The number of epoxide rings is 1. The first kappa shape index (κ1) is 9.13. The van der Waals surface area contributed by atoms with E-state index in [1.54, 1.807) is 0 Å². The lowest BCUT2D eigenvalue weighted by Gasteiger charge is -2.31. The monoisotopic (exact) mass is 196 g/mol. The minimum Gasteiger partial charge on any atom is -0.372 e. The van der Waals surface area contributed by atoms with Gasteiger partial charge >= 0.3 is 0 Å².